The van der Waals surface area contributed by atoms with Gasteiger partial charge in [-0.15, -0.1) is 0 Å². The first-order chi connectivity index (χ1) is 9.06. The van der Waals surface area contributed by atoms with Gasteiger partial charge in [-0.2, -0.15) is 5.10 Å². The highest BCUT2D eigenvalue weighted by molar-refractivity contribution is 5.67. The van der Waals surface area contributed by atoms with Crippen molar-refractivity contribution in [3.63, 3.8) is 0 Å². The van der Waals surface area contributed by atoms with E-state index in [2.05, 4.69) is 10.5 Å². The van der Waals surface area contributed by atoms with E-state index in [1.165, 1.54) is 12.3 Å². The van der Waals surface area contributed by atoms with Gasteiger partial charge in [-0.1, -0.05) is 0 Å². The highest BCUT2D eigenvalue weighted by Crippen LogP contribution is 2.28. The van der Waals surface area contributed by atoms with Crippen molar-refractivity contribution in [3.05, 3.63) is 38.4 Å². The molecule has 1 aromatic rings. The minimum absolute atomic E-state index is 0.0314. The van der Waals surface area contributed by atoms with Gasteiger partial charge < -0.3 is 5.11 Å². The second kappa shape index (κ2) is 7.01. The molecule has 2 N–H and O–H groups in total. The Morgan fingerprint density at radius 2 is 2.05 bits per heavy atom. The summed E-state index contributed by atoms with van der Waals surface area (Å²) in [5.41, 5.74) is 1.73. The second-order valence-corrected chi connectivity index (χ2v) is 3.50. The van der Waals surface area contributed by atoms with Gasteiger partial charge in [0, 0.05) is 18.9 Å². The minimum atomic E-state index is -0.724. The Morgan fingerprint density at radius 1 is 1.32 bits per heavy atom. The summed E-state index contributed by atoms with van der Waals surface area (Å²) in [5, 5.41) is 33.6. The molecule has 102 valence electrons. The molecular weight excluding hydrogens is 256 g/mol. The fourth-order valence-corrected chi connectivity index (χ4v) is 1.24. The van der Waals surface area contributed by atoms with E-state index in [0.29, 0.717) is 12.8 Å². The summed E-state index contributed by atoms with van der Waals surface area (Å²) in [7, 11) is 0. The molecule has 0 saturated carbocycles. The Hall–Kier alpha value is -2.55. The topological polar surface area (TPSA) is 131 Å². The second-order valence-electron chi connectivity index (χ2n) is 3.50. The molecule has 0 aliphatic heterocycles. The van der Waals surface area contributed by atoms with Crippen molar-refractivity contribution in [1.82, 2.24) is 0 Å². The minimum Gasteiger partial charge on any atom is -0.396 e. The van der Waals surface area contributed by atoms with E-state index in [9.17, 15) is 20.2 Å². The van der Waals surface area contributed by atoms with Crippen molar-refractivity contribution in [1.29, 1.82) is 0 Å². The van der Waals surface area contributed by atoms with Gasteiger partial charge in [0.05, 0.1) is 15.9 Å². The van der Waals surface area contributed by atoms with E-state index in [1.54, 1.807) is 0 Å². The van der Waals surface area contributed by atoms with E-state index in [-0.39, 0.29) is 18.0 Å². The molecule has 1 rings (SSSR count). The third kappa shape index (κ3) is 4.32. The number of rotatable bonds is 7. The van der Waals surface area contributed by atoms with E-state index in [4.69, 9.17) is 5.11 Å². The Bertz CT molecular complexity index is 503. The summed E-state index contributed by atoms with van der Waals surface area (Å²) < 4.78 is 0. The Morgan fingerprint density at radius 3 is 2.63 bits per heavy atom. The molecule has 0 aromatic heterocycles. The van der Waals surface area contributed by atoms with Gasteiger partial charge in [0.25, 0.3) is 5.69 Å². The van der Waals surface area contributed by atoms with Crippen LogP contribution in [-0.2, 0) is 0 Å². The lowest BCUT2D eigenvalue weighted by atomic mass is 10.2. The van der Waals surface area contributed by atoms with Crippen LogP contribution < -0.4 is 5.43 Å². The first-order valence-corrected chi connectivity index (χ1v) is 5.37. The number of hydrogen-bond donors (Lipinski definition) is 2. The van der Waals surface area contributed by atoms with Crippen molar-refractivity contribution < 1.29 is 15.0 Å². The molecule has 0 radical (unpaired) electrons. The van der Waals surface area contributed by atoms with Crippen LogP contribution in [0.1, 0.15) is 12.8 Å². The van der Waals surface area contributed by atoms with E-state index in [0.717, 1.165) is 12.1 Å². The Kier molecular flexibility index (Phi) is 5.35. The summed E-state index contributed by atoms with van der Waals surface area (Å²) in [6, 6.07) is 3.24. The number of nitrogens with one attached hydrogen (secondary N) is 1. The maximum atomic E-state index is 10.8. The molecule has 0 bridgehead atoms. The number of nitro benzene ring substituents is 2. The normalized spacial score (nSPS) is 10.6. The molecule has 0 fully saturated rings. The SMILES string of the molecule is O=[N+]([O-])c1ccc(N/N=C/CCCO)c([N+](=O)[O-])c1. The zero-order valence-corrected chi connectivity index (χ0v) is 9.85. The smallest absolute Gasteiger partial charge is 0.301 e. The number of aliphatic hydroxyl groups excluding tert-OH is 1. The summed E-state index contributed by atoms with van der Waals surface area (Å²) in [6.07, 6.45) is 2.51. The predicted molar refractivity (Wildman–Crippen MR) is 68.2 cm³/mol. The molecule has 0 atom stereocenters. The zero-order chi connectivity index (χ0) is 14.3. The number of nitrogens with zero attached hydrogens (tertiary/aromatic N) is 3. The molecule has 0 saturated heterocycles. The van der Waals surface area contributed by atoms with Crippen molar-refractivity contribution in [2.24, 2.45) is 5.10 Å². The lowest BCUT2D eigenvalue weighted by Crippen LogP contribution is -1.98. The van der Waals surface area contributed by atoms with Crippen molar-refractivity contribution in [2.45, 2.75) is 12.8 Å². The zero-order valence-electron chi connectivity index (χ0n) is 9.85. The average molecular weight is 268 g/mol. The molecule has 9 nitrogen and oxygen atoms in total. The molecule has 0 heterocycles. The molecule has 9 heteroatoms. The van der Waals surface area contributed by atoms with Crippen LogP contribution in [-0.4, -0.2) is 27.8 Å². The van der Waals surface area contributed by atoms with Gasteiger partial charge in [-0.25, -0.2) is 0 Å². The van der Waals surface area contributed by atoms with Gasteiger partial charge in [0.2, 0.25) is 0 Å². The largest absolute Gasteiger partial charge is 0.396 e. The summed E-state index contributed by atoms with van der Waals surface area (Å²) in [6.45, 7) is 0.0314. The fraction of sp³-hybridized carbons (Fsp3) is 0.300. The number of benzene rings is 1. The molecule has 0 unspecified atom stereocenters. The molecule has 0 aliphatic rings. The van der Waals surface area contributed by atoms with Gasteiger partial charge in [0.1, 0.15) is 5.69 Å². The predicted octanol–water partition coefficient (Wildman–Crippen LogP) is 1.67. The first kappa shape index (κ1) is 14.5. The number of unbranched alkanes of at least 4 members (excludes halogenated alkanes) is 1. The lowest BCUT2D eigenvalue weighted by Gasteiger charge is -2.01. The number of hydrogen-bond acceptors (Lipinski definition) is 7. The Balaban J connectivity index is 2.85. The standard InChI is InChI=1S/C10H12N4O5/c15-6-2-1-5-11-12-9-4-3-8(13(16)17)7-10(9)14(18)19/h3-5,7,12,15H,1-2,6H2/b11-5+. The molecule has 0 spiro atoms. The van der Waals surface area contributed by atoms with E-state index < -0.39 is 15.5 Å². The van der Waals surface area contributed by atoms with Crippen LogP contribution in [0.2, 0.25) is 0 Å². The molecular formula is C10H12N4O5. The van der Waals surface area contributed by atoms with Crippen LogP contribution in [0.3, 0.4) is 0 Å². The summed E-state index contributed by atoms with van der Waals surface area (Å²) in [5.74, 6) is 0. The maximum absolute atomic E-state index is 10.8. The maximum Gasteiger partial charge on any atom is 0.301 e. The van der Waals surface area contributed by atoms with Gasteiger partial charge in [0.15, 0.2) is 0 Å². The number of non-ortho nitro benzene ring substituents is 1. The van der Waals surface area contributed by atoms with Crippen LogP contribution in [0.4, 0.5) is 17.1 Å². The quantitative estimate of drug-likeness (QED) is 0.334. The van der Waals surface area contributed by atoms with Crippen molar-refractivity contribution in [2.75, 3.05) is 12.0 Å². The highest BCUT2D eigenvalue weighted by atomic mass is 16.6. The van der Waals surface area contributed by atoms with Crippen LogP contribution >= 0.6 is 0 Å². The number of hydrazone groups is 1. The third-order valence-electron chi connectivity index (χ3n) is 2.16. The number of aliphatic hydroxyl groups is 1. The van der Waals surface area contributed by atoms with Gasteiger partial charge >= 0.3 is 5.69 Å². The van der Waals surface area contributed by atoms with Gasteiger partial charge in [-0.3, -0.25) is 25.7 Å². The average Bonchev–Trinajstić information content (AvgIpc) is 2.38. The third-order valence-corrected chi connectivity index (χ3v) is 2.16. The van der Waals surface area contributed by atoms with Crippen molar-refractivity contribution in [3.8, 4) is 0 Å². The monoisotopic (exact) mass is 268 g/mol. The number of nitro groups is 2. The van der Waals surface area contributed by atoms with E-state index >= 15 is 0 Å². The van der Waals surface area contributed by atoms with Crippen LogP contribution in [0.15, 0.2) is 23.3 Å². The first-order valence-electron chi connectivity index (χ1n) is 5.37. The number of anilines is 1. The van der Waals surface area contributed by atoms with Crippen molar-refractivity contribution >= 4 is 23.3 Å². The van der Waals surface area contributed by atoms with Crippen LogP contribution in [0, 0.1) is 20.2 Å². The molecule has 19 heavy (non-hydrogen) atoms. The van der Waals surface area contributed by atoms with E-state index in [1.807, 2.05) is 0 Å². The molecule has 0 aliphatic carbocycles. The molecule has 1 aromatic carbocycles. The Labute approximate surface area is 107 Å². The lowest BCUT2D eigenvalue weighted by molar-refractivity contribution is -0.393. The summed E-state index contributed by atoms with van der Waals surface area (Å²) >= 11 is 0. The fourth-order valence-electron chi connectivity index (χ4n) is 1.24. The van der Waals surface area contributed by atoms with Gasteiger partial charge in [-0.05, 0) is 18.9 Å². The molecule has 0 amide bonds. The van der Waals surface area contributed by atoms with Crippen LogP contribution in [0.5, 0.6) is 0 Å². The van der Waals surface area contributed by atoms with Crippen LogP contribution in [0.25, 0.3) is 0 Å². The highest BCUT2D eigenvalue weighted by Gasteiger charge is 2.18. The summed E-state index contributed by atoms with van der Waals surface area (Å²) in [4.78, 5) is 19.9.